The Kier molecular flexibility index (Phi) is 4.39. The molecule has 0 heterocycles. The summed E-state index contributed by atoms with van der Waals surface area (Å²) in [5.74, 6) is 1.33. The fourth-order valence-electron chi connectivity index (χ4n) is 5.04. The monoisotopic (exact) mass is 355 g/mol. The van der Waals surface area contributed by atoms with Crippen LogP contribution in [0.5, 0.6) is 0 Å². The van der Waals surface area contributed by atoms with Crippen LogP contribution in [0.1, 0.15) is 50.2 Å². The minimum Gasteiger partial charge on any atom is -0.383 e. The molecule has 5 rings (SSSR count). The van der Waals surface area contributed by atoms with Crippen LogP contribution in [0.4, 0.5) is 0 Å². The summed E-state index contributed by atoms with van der Waals surface area (Å²) in [6.07, 6.45) is 21.8. The minimum absolute atomic E-state index is 0.427. The first-order valence-electron chi connectivity index (χ1n) is 10.6. The van der Waals surface area contributed by atoms with E-state index >= 15 is 0 Å². The molecule has 1 aromatic rings. The van der Waals surface area contributed by atoms with Crippen molar-refractivity contribution in [1.82, 2.24) is 5.32 Å². The van der Waals surface area contributed by atoms with Gasteiger partial charge in [0.05, 0.1) is 0 Å². The Bertz CT molecular complexity index is 885. The molecule has 1 unspecified atom stereocenters. The minimum atomic E-state index is 0.427. The van der Waals surface area contributed by atoms with E-state index < -0.39 is 0 Å². The zero-order chi connectivity index (χ0) is 18.2. The summed E-state index contributed by atoms with van der Waals surface area (Å²) >= 11 is 0. The molecule has 0 radical (unpaired) electrons. The Balaban J connectivity index is 1.35. The molecule has 138 valence electrons. The molecule has 0 saturated heterocycles. The second kappa shape index (κ2) is 7.03. The van der Waals surface area contributed by atoms with Gasteiger partial charge in [0.25, 0.3) is 0 Å². The summed E-state index contributed by atoms with van der Waals surface area (Å²) in [6, 6.07) is 9.49. The van der Waals surface area contributed by atoms with Crippen LogP contribution in [-0.2, 0) is 6.42 Å². The van der Waals surface area contributed by atoms with Gasteiger partial charge >= 0.3 is 0 Å². The summed E-state index contributed by atoms with van der Waals surface area (Å²) in [7, 11) is 0. The highest BCUT2D eigenvalue weighted by molar-refractivity contribution is 5.68. The molecular weight excluding hydrogens is 326 g/mol. The lowest BCUT2D eigenvalue weighted by Crippen LogP contribution is -2.32. The molecule has 1 nitrogen and oxygen atoms in total. The van der Waals surface area contributed by atoms with Crippen LogP contribution >= 0.6 is 0 Å². The van der Waals surface area contributed by atoms with E-state index in [-0.39, 0.29) is 0 Å². The quantitative estimate of drug-likeness (QED) is 0.688. The lowest BCUT2D eigenvalue weighted by molar-refractivity contribution is 0.322. The first kappa shape index (κ1) is 16.9. The number of nitrogens with one attached hydrogen (secondary N) is 1. The lowest BCUT2D eigenvalue weighted by atomic mass is 9.81. The van der Waals surface area contributed by atoms with Crippen LogP contribution in [0.25, 0.3) is 6.08 Å². The van der Waals surface area contributed by atoms with Crippen molar-refractivity contribution in [3.63, 3.8) is 0 Å². The van der Waals surface area contributed by atoms with Crippen molar-refractivity contribution in [3.05, 3.63) is 88.2 Å². The van der Waals surface area contributed by atoms with Gasteiger partial charge in [0.2, 0.25) is 0 Å². The Hall–Kier alpha value is -2.28. The first-order chi connectivity index (χ1) is 13.3. The van der Waals surface area contributed by atoms with E-state index in [0.29, 0.717) is 12.0 Å². The maximum atomic E-state index is 3.83. The highest BCUT2D eigenvalue weighted by Crippen LogP contribution is 2.40. The zero-order valence-corrected chi connectivity index (χ0v) is 16.2. The maximum Gasteiger partial charge on any atom is 0.0311 e. The highest BCUT2D eigenvalue weighted by Gasteiger charge is 2.27. The fraction of sp³-hybridized carbons (Fsp3) is 0.385. The standard InChI is InChI=1S/C26H29N/c1-18-6-12-23(13-7-18)27-24-14-10-20-11-15-25(26(20)17-24)22-9-8-19-4-2-3-5-21(19)16-22/h2-5,10-11,14-18,23,26-27H,6-9,12-13H2,1H3. The number of aryl methyl sites for hydroxylation is 1. The molecule has 1 atom stereocenters. The third kappa shape index (κ3) is 3.36. The van der Waals surface area contributed by atoms with Gasteiger partial charge in [0.1, 0.15) is 0 Å². The average molecular weight is 356 g/mol. The van der Waals surface area contributed by atoms with Crippen molar-refractivity contribution in [1.29, 1.82) is 0 Å². The van der Waals surface area contributed by atoms with E-state index in [1.165, 1.54) is 59.2 Å². The molecule has 1 fully saturated rings. The van der Waals surface area contributed by atoms with Crippen molar-refractivity contribution in [2.24, 2.45) is 11.8 Å². The average Bonchev–Trinajstić information content (AvgIpc) is 3.13. The maximum absolute atomic E-state index is 3.83. The van der Waals surface area contributed by atoms with E-state index in [1.807, 2.05) is 0 Å². The Morgan fingerprint density at radius 2 is 1.78 bits per heavy atom. The predicted molar refractivity (Wildman–Crippen MR) is 114 cm³/mol. The molecule has 0 spiro atoms. The van der Waals surface area contributed by atoms with Crippen molar-refractivity contribution in [2.75, 3.05) is 0 Å². The number of benzene rings is 1. The first-order valence-corrected chi connectivity index (χ1v) is 10.6. The number of allylic oxidation sites excluding steroid dienone is 8. The third-order valence-corrected chi connectivity index (χ3v) is 6.76. The van der Waals surface area contributed by atoms with Gasteiger partial charge in [-0.1, -0.05) is 55.5 Å². The smallest absolute Gasteiger partial charge is 0.0311 e. The summed E-state index contributed by atoms with van der Waals surface area (Å²) in [5, 5.41) is 3.83. The number of hydrogen-bond donors (Lipinski definition) is 1. The molecule has 1 N–H and O–H groups in total. The van der Waals surface area contributed by atoms with Gasteiger partial charge in [-0.15, -0.1) is 0 Å². The van der Waals surface area contributed by atoms with Crippen LogP contribution in [0.3, 0.4) is 0 Å². The molecule has 4 aliphatic rings. The van der Waals surface area contributed by atoms with Crippen molar-refractivity contribution in [2.45, 2.75) is 51.5 Å². The topological polar surface area (TPSA) is 12.0 Å². The summed E-state index contributed by atoms with van der Waals surface area (Å²) in [6.45, 7) is 2.39. The third-order valence-electron chi connectivity index (χ3n) is 6.76. The van der Waals surface area contributed by atoms with Crippen LogP contribution < -0.4 is 5.32 Å². The van der Waals surface area contributed by atoms with Crippen LogP contribution in [0.2, 0.25) is 0 Å². The fourth-order valence-corrected chi connectivity index (χ4v) is 5.04. The van der Waals surface area contributed by atoms with Gasteiger partial charge in [-0.2, -0.15) is 0 Å². The van der Waals surface area contributed by atoms with Crippen LogP contribution in [0.15, 0.2) is 77.1 Å². The van der Waals surface area contributed by atoms with Crippen molar-refractivity contribution < 1.29 is 0 Å². The lowest BCUT2D eigenvalue weighted by Gasteiger charge is -2.30. The van der Waals surface area contributed by atoms with E-state index in [0.717, 1.165) is 18.8 Å². The molecule has 0 bridgehead atoms. The molecule has 1 saturated carbocycles. The SMILES string of the molecule is CC1CCC(NC2=CC3C(=CC=C3C3=Cc4ccccc4CC3)C=C2)CC1. The summed E-state index contributed by atoms with van der Waals surface area (Å²) in [4.78, 5) is 0. The largest absolute Gasteiger partial charge is 0.383 e. The number of hydrogen-bond acceptors (Lipinski definition) is 1. The molecule has 0 amide bonds. The van der Waals surface area contributed by atoms with Gasteiger partial charge in [-0.25, -0.2) is 0 Å². The zero-order valence-electron chi connectivity index (χ0n) is 16.2. The molecule has 4 aliphatic carbocycles. The second-order valence-electron chi connectivity index (χ2n) is 8.69. The van der Waals surface area contributed by atoms with E-state index in [4.69, 9.17) is 0 Å². The molecule has 27 heavy (non-hydrogen) atoms. The van der Waals surface area contributed by atoms with Gasteiger partial charge in [0, 0.05) is 17.7 Å². The molecule has 0 aromatic heterocycles. The Labute approximate surface area is 163 Å². The van der Waals surface area contributed by atoms with Crippen molar-refractivity contribution in [3.8, 4) is 0 Å². The van der Waals surface area contributed by atoms with Crippen LogP contribution in [-0.4, -0.2) is 6.04 Å². The molecule has 0 aliphatic heterocycles. The van der Waals surface area contributed by atoms with Crippen molar-refractivity contribution >= 4 is 6.08 Å². The summed E-state index contributed by atoms with van der Waals surface area (Å²) < 4.78 is 0. The van der Waals surface area contributed by atoms with E-state index in [2.05, 4.69) is 73.0 Å². The predicted octanol–water partition coefficient (Wildman–Crippen LogP) is 6.12. The Morgan fingerprint density at radius 1 is 0.926 bits per heavy atom. The van der Waals surface area contributed by atoms with Gasteiger partial charge in [-0.3, -0.25) is 0 Å². The van der Waals surface area contributed by atoms with Gasteiger partial charge < -0.3 is 5.32 Å². The number of rotatable bonds is 3. The van der Waals surface area contributed by atoms with Gasteiger partial charge in [-0.05, 0) is 84.4 Å². The van der Waals surface area contributed by atoms with Crippen LogP contribution in [0, 0.1) is 11.8 Å². The van der Waals surface area contributed by atoms with E-state index in [9.17, 15) is 0 Å². The van der Waals surface area contributed by atoms with Gasteiger partial charge in [0.15, 0.2) is 0 Å². The molecule has 1 aromatic carbocycles. The number of fused-ring (bicyclic) bond motifs is 2. The normalized spacial score (nSPS) is 29.1. The molecule has 1 heteroatoms. The Morgan fingerprint density at radius 3 is 2.67 bits per heavy atom. The van der Waals surface area contributed by atoms with E-state index in [1.54, 1.807) is 0 Å². The second-order valence-corrected chi connectivity index (χ2v) is 8.69. The summed E-state index contributed by atoms with van der Waals surface area (Å²) in [5.41, 5.74) is 8.66. The molecular formula is C26H29N. The highest BCUT2D eigenvalue weighted by atomic mass is 14.9.